The number of aromatic hydroxyl groups is 1. The second kappa shape index (κ2) is 10.8. The molecule has 0 spiro atoms. The zero-order valence-electron chi connectivity index (χ0n) is 22.0. The molecule has 9 nitrogen and oxygen atoms in total. The molecule has 4 aromatic rings. The van der Waals surface area contributed by atoms with Gasteiger partial charge in [-0.25, -0.2) is 8.78 Å². The number of aromatic nitrogens is 3. The molecule has 0 radical (unpaired) electrons. The van der Waals surface area contributed by atoms with Crippen LogP contribution in [0, 0.1) is 18.6 Å². The van der Waals surface area contributed by atoms with E-state index in [9.17, 15) is 23.5 Å². The van der Waals surface area contributed by atoms with Gasteiger partial charge in [0.25, 0.3) is 11.5 Å². The van der Waals surface area contributed by atoms with Crippen LogP contribution in [0.2, 0.25) is 0 Å². The summed E-state index contributed by atoms with van der Waals surface area (Å²) in [6.45, 7) is 2.05. The minimum atomic E-state index is -0.932. The predicted molar refractivity (Wildman–Crippen MR) is 142 cm³/mol. The lowest BCUT2D eigenvalue weighted by Gasteiger charge is -2.22. The highest BCUT2D eigenvalue weighted by atomic mass is 19.1. The maximum Gasteiger partial charge on any atom is 0.290 e. The number of pyridine rings is 1. The number of hydrogen-bond donors (Lipinski definition) is 1. The molecule has 1 N–H and O–H groups in total. The third-order valence-electron chi connectivity index (χ3n) is 6.88. The molecular weight excluding hydrogens is 522 g/mol. The standard InChI is InChI=1S/C29H26F2N4O5/c1-16-6-4-7-17(12-16)26-33-27(36)23(29(38)35(26)25-21(39-2)8-5-9-22(25)40-3)28(37)34-11-10-18(15-34)24-20(31)13-19(30)14-32-24/h4-9,12-14,18,38H,10-11,15H2,1-3H3. The van der Waals surface area contributed by atoms with Crippen molar-refractivity contribution in [1.29, 1.82) is 0 Å². The summed E-state index contributed by atoms with van der Waals surface area (Å²) < 4.78 is 40.1. The molecule has 1 amide bonds. The maximum absolute atomic E-state index is 14.4. The van der Waals surface area contributed by atoms with Gasteiger partial charge >= 0.3 is 0 Å². The van der Waals surface area contributed by atoms with Gasteiger partial charge in [0.1, 0.15) is 28.8 Å². The van der Waals surface area contributed by atoms with Crippen molar-refractivity contribution >= 4 is 5.91 Å². The lowest BCUT2D eigenvalue weighted by Crippen LogP contribution is -2.34. The first-order valence-corrected chi connectivity index (χ1v) is 12.5. The number of rotatable bonds is 6. The van der Waals surface area contributed by atoms with Gasteiger partial charge in [0.15, 0.2) is 11.4 Å². The number of para-hydroxylation sites is 1. The molecule has 40 heavy (non-hydrogen) atoms. The highest BCUT2D eigenvalue weighted by molar-refractivity contribution is 5.97. The summed E-state index contributed by atoms with van der Waals surface area (Å²) >= 11 is 0. The average molecular weight is 549 g/mol. The number of benzene rings is 2. The van der Waals surface area contributed by atoms with Crippen molar-refractivity contribution in [2.24, 2.45) is 0 Å². The van der Waals surface area contributed by atoms with Crippen molar-refractivity contribution in [3.63, 3.8) is 0 Å². The van der Waals surface area contributed by atoms with E-state index in [1.54, 1.807) is 36.4 Å². The predicted octanol–water partition coefficient (Wildman–Crippen LogP) is 4.23. The van der Waals surface area contributed by atoms with Crippen LogP contribution in [0.25, 0.3) is 17.1 Å². The second-order valence-corrected chi connectivity index (χ2v) is 9.41. The Balaban J connectivity index is 1.65. The molecule has 0 bridgehead atoms. The van der Waals surface area contributed by atoms with E-state index in [1.165, 1.54) is 23.7 Å². The lowest BCUT2D eigenvalue weighted by atomic mass is 10.0. The average Bonchev–Trinajstić information content (AvgIpc) is 3.42. The minimum absolute atomic E-state index is 0.0187. The number of hydrogen-bond acceptors (Lipinski definition) is 7. The number of amides is 1. The van der Waals surface area contributed by atoms with E-state index >= 15 is 0 Å². The van der Waals surface area contributed by atoms with E-state index in [1.807, 2.05) is 13.0 Å². The normalized spacial score (nSPS) is 14.8. The number of halogens is 2. The fourth-order valence-electron chi connectivity index (χ4n) is 4.99. The minimum Gasteiger partial charge on any atom is -0.494 e. The smallest absolute Gasteiger partial charge is 0.290 e. The zero-order valence-corrected chi connectivity index (χ0v) is 22.0. The SMILES string of the molecule is COc1cccc(OC)c1-n1c(-c2cccc(C)c2)nc(=O)c(C(=O)N2CCC(c3ncc(F)cc3F)C2)c1O. The summed E-state index contributed by atoms with van der Waals surface area (Å²) in [5, 5.41) is 11.6. The Morgan fingerprint density at radius 3 is 2.42 bits per heavy atom. The van der Waals surface area contributed by atoms with E-state index in [2.05, 4.69) is 9.97 Å². The van der Waals surface area contributed by atoms with Crippen LogP contribution < -0.4 is 15.0 Å². The van der Waals surface area contributed by atoms with Gasteiger partial charge in [0.05, 0.1) is 26.1 Å². The Labute approximate surface area is 228 Å². The van der Waals surface area contributed by atoms with Crippen LogP contribution in [-0.2, 0) is 0 Å². The molecule has 11 heteroatoms. The van der Waals surface area contributed by atoms with Crippen LogP contribution in [0.15, 0.2) is 59.5 Å². The largest absolute Gasteiger partial charge is 0.494 e. The topological polar surface area (TPSA) is 107 Å². The molecule has 1 fully saturated rings. The lowest BCUT2D eigenvalue weighted by molar-refractivity contribution is 0.0784. The Morgan fingerprint density at radius 1 is 1.07 bits per heavy atom. The molecule has 3 heterocycles. The van der Waals surface area contributed by atoms with Crippen molar-refractivity contribution in [2.75, 3.05) is 27.3 Å². The van der Waals surface area contributed by atoms with Crippen LogP contribution >= 0.6 is 0 Å². The van der Waals surface area contributed by atoms with Crippen LogP contribution in [-0.4, -0.2) is 57.8 Å². The van der Waals surface area contributed by atoms with Crippen molar-refractivity contribution in [1.82, 2.24) is 19.4 Å². The summed E-state index contributed by atoms with van der Waals surface area (Å²) in [6.07, 6.45) is 1.26. The molecule has 206 valence electrons. The first kappa shape index (κ1) is 26.8. The van der Waals surface area contributed by atoms with Gasteiger partial charge in [-0.15, -0.1) is 0 Å². The highest BCUT2D eigenvalue weighted by Gasteiger charge is 2.35. The zero-order chi connectivity index (χ0) is 28.6. The van der Waals surface area contributed by atoms with E-state index < -0.39 is 40.5 Å². The van der Waals surface area contributed by atoms with Crippen LogP contribution in [0.4, 0.5) is 8.78 Å². The molecule has 1 unspecified atom stereocenters. The summed E-state index contributed by atoms with van der Waals surface area (Å²) in [5.74, 6) is -2.89. The Kier molecular flexibility index (Phi) is 7.20. The van der Waals surface area contributed by atoms with Crippen molar-refractivity contribution in [2.45, 2.75) is 19.3 Å². The number of ether oxygens (including phenoxy) is 2. The highest BCUT2D eigenvalue weighted by Crippen LogP contribution is 2.39. The van der Waals surface area contributed by atoms with Gasteiger partial charge in [-0.2, -0.15) is 4.98 Å². The van der Waals surface area contributed by atoms with Gasteiger partial charge in [-0.3, -0.25) is 19.1 Å². The Morgan fingerprint density at radius 2 is 1.77 bits per heavy atom. The first-order chi connectivity index (χ1) is 19.2. The number of likely N-dealkylation sites (tertiary alicyclic amines) is 1. The van der Waals surface area contributed by atoms with E-state index in [-0.39, 0.29) is 30.3 Å². The van der Waals surface area contributed by atoms with Gasteiger partial charge in [0, 0.05) is 30.6 Å². The van der Waals surface area contributed by atoms with Crippen molar-refractivity contribution in [3.8, 4) is 34.5 Å². The van der Waals surface area contributed by atoms with Crippen LogP contribution in [0.1, 0.15) is 34.0 Å². The second-order valence-electron chi connectivity index (χ2n) is 9.41. The van der Waals surface area contributed by atoms with Crippen molar-refractivity contribution in [3.05, 3.63) is 93.5 Å². The van der Waals surface area contributed by atoms with E-state index in [4.69, 9.17) is 9.47 Å². The molecule has 2 aromatic carbocycles. The van der Waals surface area contributed by atoms with Crippen molar-refractivity contribution < 1.29 is 28.2 Å². The molecule has 1 aliphatic rings. The molecule has 0 saturated carbocycles. The molecule has 1 saturated heterocycles. The monoisotopic (exact) mass is 548 g/mol. The van der Waals surface area contributed by atoms with E-state index in [0.29, 0.717) is 23.5 Å². The fraction of sp³-hybridized carbons (Fsp3) is 0.241. The summed E-state index contributed by atoms with van der Waals surface area (Å²) in [4.78, 5) is 36.4. The molecule has 5 rings (SSSR count). The Bertz CT molecular complexity index is 1650. The quantitative estimate of drug-likeness (QED) is 0.384. The third kappa shape index (κ3) is 4.74. The fourth-order valence-corrected chi connectivity index (χ4v) is 4.99. The van der Waals surface area contributed by atoms with Crippen LogP contribution in [0.5, 0.6) is 17.4 Å². The van der Waals surface area contributed by atoms with Crippen LogP contribution in [0.3, 0.4) is 0 Å². The van der Waals surface area contributed by atoms with Gasteiger partial charge in [0.2, 0.25) is 5.88 Å². The number of methoxy groups -OCH3 is 2. The summed E-state index contributed by atoms with van der Waals surface area (Å²) in [7, 11) is 2.88. The van der Waals surface area contributed by atoms with E-state index in [0.717, 1.165) is 17.8 Å². The third-order valence-corrected chi connectivity index (χ3v) is 6.88. The first-order valence-electron chi connectivity index (χ1n) is 12.5. The maximum atomic E-state index is 14.4. The molecule has 2 aromatic heterocycles. The van der Waals surface area contributed by atoms with Gasteiger partial charge in [-0.1, -0.05) is 29.8 Å². The number of aryl methyl sites for hydroxylation is 1. The number of carbonyl (C=O) groups is 1. The molecule has 0 aliphatic carbocycles. The summed E-state index contributed by atoms with van der Waals surface area (Å²) in [6, 6.07) is 12.9. The van der Waals surface area contributed by atoms with Gasteiger partial charge < -0.3 is 19.5 Å². The van der Waals surface area contributed by atoms with Gasteiger partial charge in [-0.05, 0) is 31.5 Å². The molecule has 1 atom stereocenters. The molecule has 1 aliphatic heterocycles. The summed E-state index contributed by atoms with van der Waals surface area (Å²) in [5.41, 5.74) is 0.175. The number of nitrogens with zero attached hydrogens (tertiary/aromatic N) is 4. The molecular formula is C29H26F2N4O5. The number of carbonyl (C=O) groups excluding carboxylic acids is 1. The Hall–Kier alpha value is -4.80.